The second-order valence-electron chi connectivity index (χ2n) is 2.31. The average Bonchev–Trinajstić information content (AvgIpc) is 2.15. The molecule has 1 aromatic rings. The summed E-state index contributed by atoms with van der Waals surface area (Å²) in [5.74, 6) is 0. The van der Waals surface area contributed by atoms with E-state index in [1.54, 1.807) is 12.1 Å². The first-order valence-corrected chi connectivity index (χ1v) is 5.55. The van der Waals surface area contributed by atoms with Gasteiger partial charge in [-0.15, -0.1) is 0 Å². The van der Waals surface area contributed by atoms with Crippen LogP contribution >= 0.6 is 0 Å². The summed E-state index contributed by atoms with van der Waals surface area (Å²) < 4.78 is 0. The van der Waals surface area contributed by atoms with Crippen LogP contribution in [0.1, 0.15) is 5.56 Å². The summed E-state index contributed by atoms with van der Waals surface area (Å²) in [6, 6.07) is 6.40. The van der Waals surface area contributed by atoms with Gasteiger partial charge in [-0.2, -0.15) is 0 Å². The van der Waals surface area contributed by atoms with E-state index in [4.69, 9.17) is 5.26 Å². The van der Waals surface area contributed by atoms with Crippen molar-refractivity contribution in [3.05, 3.63) is 39.9 Å². The maximum atomic E-state index is 10.4. The molecule has 0 saturated carbocycles. The van der Waals surface area contributed by atoms with Gasteiger partial charge < -0.3 is 0 Å². The van der Waals surface area contributed by atoms with Crippen LogP contribution in [0, 0.1) is 20.3 Å². The Labute approximate surface area is 81.5 Å². The SMILES string of the molecule is N#C[Se]Cc1cccc([N+](=O)[O-])c1. The van der Waals surface area contributed by atoms with Crippen LogP contribution in [0.25, 0.3) is 0 Å². The summed E-state index contributed by atoms with van der Waals surface area (Å²) in [6.07, 6.45) is 0. The van der Waals surface area contributed by atoms with Crippen molar-refractivity contribution in [3.8, 4) is 4.97 Å². The molecule has 0 aliphatic rings. The fraction of sp³-hybridized carbons (Fsp3) is 0.125. The second-order valence-corrected chi connectivity index (χ2v) is 3.90. The number of benzene rings is 1. The van der Waals surface area contributed by atoms with Crippen molar-refractivity contribution >= 4 is 20.6 Å². The Morgan fingerprint density at radius 3 is 3.00 bits per heavy atom. The van der Waals surface area contributed by atoms with Gasteiger partial charge in [-0.1, -0.05) is 0 Å². The Balaban J connectivity index is 2.80. The van der Waals surface area contributed by atoms with E-state index in [9.17, 15) is 10.1 Å². The van der Waals surface area contributed by atoms with Gasteiger partial charge >= 0.3 is 81.1 Å². The number of nitro groups is 1. The first-order chi connectivity index (χ1) is 6.24. The molecule has 0 bridgehead atoms. The Morgan fingerprint density at radius 2 is 2.38 bits per heavy atom. The van der Waals surface area contributed by atoms with E-state index in [1.165, 1.54) is 12.1 Å². The third kappa shape index (κ3) is 2.86. The van der Waals surface area contributed by atoms with Crippen LogP contribution in [0.15, 0.2) is 24.3 Å². The molecule has 66 valence electrons. The van der Waals surface area contributed by atoms with Crippen LogP contribution in [0.2, 0.25) is 0 Å². The van der Waals surface area contributed by atoms with Gasteiger partial charge in [0.05, 0.1) is 0 Å². The molecule has 0 amide bonds. The van der Waals surface area contributed by atoms with E-state index in [1.807, 2.05) is 0 Å². The zero-order valence-electron chi connectivity index (χ0n) is 6.64. The molecule has 0 aliphatic heterocycles. The Morgan fingerprint density at radius 1 is 1.62 bits per heavy atom. The minimum absolute atomic E-state index is 0.0891. The van der Waals surface area contributed by atoms with Crippen LogP contribution in [0.5, 0.6) is 0 Å². The summed E-state index contributed by atoms with van der Waals surface area (Å²) in [5.41, 5.74) is 0.946. The number of nitro benzene ring substituents is 1. The third-order valence-electron chi connectivity index (χ3n) is 1.42. The van der Waals surface area contributed by atoms with E-state index in [0.717, 1.165) is 5.56 Å². The summed E-state index contributed by atoms with van der Waals surface area (Å²) in [6.45, 7) is 0. The zero-order valence-corrected chi connectivity index (χ0v) is 8.35. The molecule has 0 aliphatic carbocycles. The van der Waals surface area contributed by atoms with E-state index in [-0.39, 0.29) is 20.6 Å². The first-order valence-electron chi connectivity index (χ1n) is 3.48. The van der Waals surface area contributed by atoms with Crippen molar-refractivity contribution in [1.82, 2.24) is 0 Å². The fourth-order valence-corrected chi connectivity index (χ4v) is 1.74. The molecule has 5 heteroatoms. The van der Waals surface area contributed by atoms with Gasteiger partial charge in [-0.25, -0.2) is 0 Å². The monoisotopic (exact) mass is 242 g/mol. The molecule has 0 atom stereocenters. The number of nitriles is 1. The zero-order chi connectivity index (χ0) is 9.68. The van der Waals surface area contributed by atoms with Crippen LogP contribution in [0.4, 0.5) is 5.69 Å². The van der Waals surface area contributed by atoms with Crippen molar-refractivity contribution < 1.29 is 4.92 Å². The van der Waals surface area contributed by atoms with Crippen LogP contribution in [0.3, 0.4) is 0 Å². The number of non-ortho nitro benzene ring substituents is 1. The van der Waals surface area contributed by atoms with Crippen molar-refractivity contribution in [3.63, 3.8) is 0 Å². The van der Waals surface area contributed by atoms with Crippen molar-refractivity contribution in [2.75, 3.05) is 0 Å². The molecule has 0 heterocycles. The van der Waals surface area contributed by atoms with Gasteiger partial charge in [-0.05, 0) is 0 Å². The van der Waals surface area contributed by atoms with Crippen LogP contribution < -0.4 is 0 Å². The summed E-state index contributed by atoms with van der Waals surface area (Å²) in [7, 11) is 0. The average molecular weight is 241 g/mol. The van der Waals surface area contributed by atoms with E-state index < -0.39 is 4.92 Å². The van der Waals surface area contributed by atoms with E-state index >= 15 is 0 Å². The molecule has 0 saturated heterocycles. The molecule has 4 nitrogen and oxygen atoms in total. The van der Waals surface area contributed by atoms with Gasteiger partial charge in [0.1, 0.15) is 0 Å². The molecule has 0 unspecified atom stereocenters. The molecule has 0 aromatic heterocycles. The van der Waals surface area contributed by atoms with Crippen molar-refractivity contribution in [2.24, 2.45) is 0 Å². The molecule has 0 N–H and O–H groups in total. The molecular formula is C8H6N2O2Se. The summed E-state index contributed by atoms with van der Waals surface area (Å²) >= 11 is -0.116. The second kappa shape index (κ2) is 4.61. The number of hydrogen-bond donors (Lipinski definition) is 0. The first kappa shape index (κ1) is 9.72. The number of hydrogen-bond acceptors (Lipinski definition) is 3. The van der Waals surface area contributed by atoms with Gasteiger partial charge in [0.15, 0.2) is 0 Å². The van der Waals surface area contributed by atoms with Gasteiger partial charge in [-0.3, -0.25) is 0 Å². The van der Waals surface area contributed by atoms with E-state index in [0.29, 0.717) is 5.32 Å². The molecule has 0 radical (unpaired) electrons. The standard InChI is InChI=1S/C8H6N2O2Se/c9-6-13-5-7-2-1-3-8(4-7)10(11)12/h1-4H,5H2. The third-order valence-corrected chi connectivity index (χ3v) is 2.70. The van der Waals surface area contributed by atoms with Crippen LogP contribution in [-0.2, 0) is 5.32 Å². The predicted octanol–water partition coefficient (Wildman–Crippen LogP) is 1.28. The summed E-state index contributed by atoms with van der Waals surface area (Å²) in [5, 5.41) is 19.4. The molecule has 13 heavy (non-hydrogen) atoms. The van der Waals surface area contributed by atoms with Gasteiger partial charge in [0.25, 0.3) is 0 Å². The number of rotatable bonds is 3. The topological polar surface area (TPSA) is 66.9 Å². The quantitative estimate of drug-likeness (QED) is 0.454. The van der Waals surface area contributed by atoms with Crippen molar-refractivity contribution in [1.29, 1.82) is 5.26 Å². The fourth-order valence-electron chi connectivity index (χ4n) is 0.875. The molecule has 1 aromatic carbocycles. The molecular weight excluding hydrogens is 235 g/mol. The van der Waals surface area contributed by atoms with Gasteiger partial charge in [0, 0.05) is 0 Å². The van der Waals surface area contributed by atoms with E-state index in [2.05, 4.69) is 4.97 Å². The molecule has 0 spiro atoms. The molecule has 0 fully saturated rings. The Hall–Kier alpha value is -1.37. The van der Waals surface area contributed by atoms with Gasteiger partial charge in [0.2, 0.25) is 0 Å². The number of nitrogens with zero attached hydrogens (tertiary/aromatic N) is 2. The normalized spacial score (nSPS) is 9.15. The molecule has 1 rings (SSSR count). The maximum absolute atomic E-state index is 10.4. The minimum atomic E-state index is -0.428. The van der Waals surface area contributed by atoms with Crippen LogP contribution in [-0.4, -0.2) is 19.9 Å². The summed E-state index contributed by atoms with van der Waals surface area (Å²) in [4.78, 5) is 12.0. The predicted molar refractivity (Wildman–Crippen MR) is 48.2 cm³/mol. The van der Waals surface area contributed by atoms with Crippen molar-refractivity contribution in [2.45, 2.75) is 5.32 Å². The Kier molecular flexibility index (Phi) is 3.44. The Bertz CT molecular complexity index is 359.